The van der Waals surface area contributed by atoms with Crippen molar-refractivity contribution in [3.63, 3.8) is 0 Å². The summed E-state index contributed by atoms with van der Waals surface area (Å²) in [7, 11) is 0. The van der Waals surface area contributed by atoms with Gasteiger partial charge in [0.1, 0.15) is 13.1 Å². The van der Waals surface area contributed by atoms with Crippen LogP contribution in [-0.4, -0.2) is 32.2 Å². The van der Waals surface area contributed by atoms with E-state index in [0.29, 0.717) is 13.2 Å². The second kappa shape index (κ2) is 7.87. The summed E-state index contributed by atoms with van der Waals surface area (Å²) in [5, 5.41) is 1.07. The van der Waals surface area contributed by atoms with Gasteiger partial charge in [0.05, 0.1) is 13.2 Å². The number of ether oxygens (including phenoxy) is 1. The molecule has 0 aliphatic carbocycles. The lowest BCUT2D eigenvalue weighted by Gasteiger charge is -2.22. The standard InChI is InChI=1S/C13H16N2O2.ClH/c16-13(14-15-8-10-17-11-9-15)7-6-12-4-2-1-3-5-12;/h1-7H,8-11H2,(H,14,16);1H/b7-6+;. The van der Waals surface area contributed by atoms with Crippen LogP contribution in [0, 0.1) is 0 Å². The Balaban J connectivity index is 0.00000162. The van der Waals surface area contributed by atoms with Crippen LogP contribution in [0.4, 0.5) is 0 Å². The van der Waals surface area contributed by atoms with E-state index in [9.17, 15) is 4.79 Å². The van der Waals surface area contributed by atoms with E-state index in [1.807, 2.05) is 36.4 Å². The number of hydrogen-bond acceptors (Lipinski definition) is 2. The summed E-state index contributed by atoms with van der Waals surface area (Å²) in [5.41, 5.74) is 3.93. The Morgan fingerprint density at radius 3 is 2.56 bits per heavy atom. The van der Waals surface area contributed by atoms with E-state index in [1.54, 1.807) is 6.08 Å². The van der Waals surface area contributed by atoms with E-state index in [1.165, 1.54) is 0 Å². The molecule has 0 bridgehead atoms. The molecule has 1 saturated heterocycles. The predicted molar refractivity (Wildman–Crippen MR) is 65.1 cm³/mol. The van der Waals surface area contributed by atoms with Crippen LogP contribution in [0.3, 0.4) is 0 Å². The second-order valence-corrected chi connectivity index (χ2v) is 3.95. The average Bonchev–Trinajstić information content (AvgIpc) is 2.39. The maximum Gasteiger partial charge on any atom is 0.288 e. The van der Waals surface area contributed by atoms with Crippen molar-refractivity contribution < 1.29 is 26.9 Å². The Bertz CT molecular complexity index is 389. The van der Waals surface area contributed by atoms with Crippen molar-refractivity contribution in [1.29, 1.82) is 0 Å². The van der Waals surface area contributed by atoms with Gasteiger partial charge in [-0.15, -0.1) is 0 Å². The number of nitrogens with one attached hydrogen (secondary N) is 2. The van der Waals surface area contributed by atoms with Crippen LogP contribution < -0.4 is 22.8 Å². The Hall–Kier alpha value is -1.36. The lowest BCUT2D eigenvalue weighted by Crippen LogP contribution is -3.20. The van der Waals surface area contributed by atoms with Crippen molar-refractivity contribution in [3.05, 3.63) is 42.0 Å². The van der Waals surface area contributed by atoms with Crippen molar-refractivity contribution in [2.75, 3.05) is 26.3 Å². The van der Waals surface area contributed by atoms with E-state index < -0.39 is 0 Å². The number of carbonyl (C=O) groups excluding carboxylic acids is 1. The SMILES string of the molecule is O=C(/C=C/c1ccccc1)N[NH+]1CCOCC1.[Cl-]. The predicted octanol–water partition coefficient (Wildman–Crippen LogP) is -3.35. The van der Waals surface area contributed by atoms with E-state index in [0.717, 1.165) is 23.7 Å². The number of benzene rings is 1. The van der Waals surface area contributed by atoms with Gasteiger partial charge in [0, 0.05) is 6.08 Å². The third kappa shape index (κ3) is 4.87. The summed E-state index contributed by atoms with van der Waals surface area (Å²) < 4.78 is 5.22. The van der Waals surface area contributed by atoms with E-state index in [2.05, 4.69) is 5.43 Å². The fraction of sp³-hybridized carbons (Fsp3) is 0.308. The average molecular weight is 269 g/mol. The summed E-state index contributed by atoms with van der Waals surface area (Å²) in [6.45, 7) is 3.06. The molecular formula is C13H17ClN2O2. The topological polar surface area (TPSA) is 42.8 Å². The van der Waals surface area contributed by atoms with Gasteiger partial charge >= 0.3 is 0 Å². The van der Waals surface area contributed by atoms with Crippen LogP contribution in [0.5, 0.6) is 0 Å². The van der Waals surface area contributed by atoms with Gasteiger partial charge in [-0.25, -0.2) is 5.01 Å². The highest BCUT2D eigenvalue weighted by Crippen LogP contribution is 1.99. The van der Waals surface area contributed by atoms with Gasteiger partial charge in [-0.3, -0.25) is 4.79 Å². The number of hydrogen-bond donors (Lipinski definition) is 2. The fourth-order valence-electron chi connectivity index (χ4n) is 1.69. The van der Waals surface area contributed by atoms with Crippen LogP contribution in [0.15, 0.2) is 36.4 Å². The minimum Gasteiger partial charge on any atom is -1.00 e. The first-order valence-electron chi connectivity index (χ1n) is 5.81. The monoisotopic (exact) mass is 268 g/mol. The number of amides is 1. The molecule has 5 heteroatoms. The van der Waals surface area contributed by atoms with Gasteiger partial charge in [0.2, 0.25) is 0 Å². The van der Waals surface area contributed by atoms with Crippen molar-refractivity contribution >= 4 is 12.0 Å². The first-order valence-corrected chi connectivity index (χ1v) is 5.81. The quantitative estimate of drug-likeness (QED) is 0.563. The minimum atomic E-state index is -0.0641. The third-order valence-corrected chi connectivity index (χ3v) is 2.62. The molecule has 0 atom stereocenters. The molecule has 0 aromatic heterocycles. The van der Waals surface area contributed by atoms with Crippen molar-refractivity contribution in [1.82, 2.24) is 5.43 Å². The van der Waals surface area contributed by atoms with Crippen molar-refractivity contribution in [2.24, 2.45) is 0 Å². The Morgan fingerprint density at radius 2 is 1.89 bits per heavy atom. The van der Waals surface area contributed by atoms with E-state index in [-0.39, 0.29) is 18.3 Å². The van der Waals surface area contributed by atoms with Gasteiger partial charge < -0.3 is 17.1 Å². The third-order valence-electron chi connectivity index (χ3n) is 2.62. The van der Waals surface area contributed by atoms with Gasteiger partial charge in [0.15, 0.2) is 0 Å². The Labute approximate surface area is 113 Å². The van der Waals surface area contributed by atoms with Gasteiger partial charge in [-0.05, 0) is 11.6 Å². The number of quaternary nitrogens is 1. The van der Waals surface area contributed by atoms with Crippen molar-refractivity contribution in [3.8, 4) is 0 Å². The molecule has 98 valence electrons. The summed E-state index contributed by atoms with van der Waals surface area (Å²) >= 11 is 0. The highest BCUT2D eigenvalue weighted by atomic mass is 35.5. The molecule has 4 nitrogen and oxygen atoms in total. The van der Waals surface area contributed by atoms with E-state index in [4.69, 9.17) is 4.74 Å². The van der Waals surface area contributed by atoms with E-state index >= 15 is 0 Å². The summed E-state index contributed by atoms with van der Waals surface area (Å²) in [4.78, 5) is 11.6. The fourth-order valence-corrected chi connectivity index (χ4v) is 1.69. The Morgan fingerprint density at radius 1 is 1.22 bits per heavy atom. The van der Waals surface area contributed by atoms with Crippen LogP contribution in [0.25, 0.3) is 6.08 Å². The first kappa shape index (κ1) is 14.7. The maximum atomic E-state index is 11.6. The zero-order valence-corrected chi connectivity index (χ0v) is 10.8. The highest BCUT2D eigenvalue weighted by Gasteiger charge is 2.14. The molecule has 2 rings (SSSR count). The summed E-state index contributed by atoms with van der Waals surface area (Å²) in [5.74, 6) is -0.0641. The number of morpholine rings is 1. The van der Waals surface area contributed by atoms with Gasteiger partial charge in [-0.1, -0.05) is 30.3 Å². The second-order valence-electron chi connectivity index (χ2n) is 3.95. The smallest absolute Gasteiger partial charge is 0.288 e. The molecule has 0 spiro atoms. The number of halogens is 1. The van der Waals surface area contributed by atoms with Crippen LogP contribution >= 0.6 is 0 Å². The molecule has 1 aromatic carbocycles. The normalized spacial score (nSPS) is 16.2. The zero-order valence-electron chi connectivity index (χ0n) is 10.1. The summed E-state index contributed by atoms with van der Waals surface area (Å²) in [6.07, 6.45) is 3.38. The van der Waals surface area contributed by atoms with Crippen LogP contribution in [0.1, 0.15) is 5.56 Å². The molecule has 1 aliphatic heterocycles. The molecule has 1 fully saturated rings. The van der Waals surface area contributed by atoms with Crippen LogP contribution in [0.2, 0.25) is 0 Å². The van der Waals surface area contributed by atoms with Gasteiger partial charge in [0.25, 0.3) is 5.91 Å². The van der Waals surface area contributed by atoms with Crippen molar-refractivity contribution in [2.45, 2.75) is 0 Å². The molecule has 1 amide bonds. The molecular weight excluding hydrogens is 252 g/mol. The lowest BCUT2D eigenvalue weighted by molar-refractivity contribution is -0.943. The van der Waals surface area contributed by atoms with Crippen LogP contribution in [-0.2, 0) is 9.53 Å². The molecule has 0 unspecified atom stereocenters. The molecule has 1 aromatic rings. The zero-order chi connectivity index (χ0) is 11.9. The molecule has 2 N–H and O–H groups in total. The summed E-state index contributed by atoms with van der Waals surface area (Å²) in [6, 6.07) is 9.78. The van der Waals surface area contributed by atoms with Gasteiger partial charge in [-0.2, -0.15) is 5.43 Å². The molecule has 18 heavy (non-hydrogen) atoms. The minimum absolute atomic E-state index is 0. The number of carbonyl (C=O) groups is 1. The molecule has 1 heterocycles. The largest absolute Gasteiger partial charge is 1.00 e. The Kier molecular flexibility index (Phi) is 6.43. The number of rotatable bonds is 3. The molecule has 0 radical (unpaired) electrons. The highest BCUT2D eigenvalue weighted by molar-refractivity contribution is 5.90. The molecule has 1 aliphatic rings. The molecule has 0 saturated carbocycles. The first-order chi connectivity index (χ1) is 8.34. The maximum absolute atomic E-state index is 11.6. The lowest BCUT2D eigenvalue weighted by atomic mass is 10.2.